The van der Waals surface area contributed by atoms with Gasteiger partial charge in [0.1, 0.15) is 0 Å². The number of benzene rings is 2. The van der Waals surface area contributed by atoms with E-state index in [2.05, 4.69) is 20.8 Å². The van der Waals surface area contributed by atoms with Gasteiger partial charge in [0.25, 0.3) is 5.91 Å². The number of carbonyl (C=O) groups excluding carboxylic acids is 1. The van der Waals surface area contributed by atoms with E-state index in [1.807, 2.05) is 49.4 Å². The van der Waals surface area contributed by atoms with Crippen molar-refractivity contribution in [2.45, 2.75) is 13.5 Å². The Morgan fingerprint density at radius 1 is 1.04 bits per heavy atom. The summed E-state index contributed by atoms with van der Waals surface area (Å²) in [6.07, 6.45) is 0. The largest absolute Gasteiger partial charge is 0.347 e. The van der Waals surface area contributed by atoms with Crippen molar-refractivity contribution in [2.75, 3.05) is 5.32 Å². The molecule has 0 fully saturated rings. The highest BCUT2D eigenvalue weighted by Gasteiger charge is 2.08. The molecule has 3 rings (SSSR count). The molecule has 1 amide bonds. The molecule has 1 heterocycles. The molecule has 3 aromatic rings. The molecule has 1 aromatic heterocycles. The van der Waals surface area contributed by atoms with Gasteiger partial charge in [-0.25, -0.2) is 0 Å². The van der Waals surface area contributed by atoms with Crippen molar-refractivity contribution in [3.8, 4) is 0 Å². The maximum Gasteiger partial charge on any atom is 0.272 e. The lowest BCUT2D eigenvalue weighted by atomic mass is 10.1. The lowest BCUT2D eigenvalue weighted by Gasteiger charge is -2.08. The first-order valence-electron chi connectivity index (χ1n) is 7.81. The van der Waals surface area contributed by atoms with Gasteiger partial charge in [-0.3, -0.25) is 4.79 Å². The quantitative estimate of drug-likeness (QED) is 0.725. The van der Waals surface area contributed by atoms with Gasteiger partial charge in [0.15, 0.2) is 11.5 Å². The molecule has 2 aromatic carbocycles. The molecule has 0 saturated carbocycles. The number of nitrogens with zero attached hydrogens (tertiary/aromatic N) is 2. The lowest BCUT2D eigenvalue weighted by molar-refractivity contribution is 0.0945. The summed E-state index contributed by atoms with van der Waals surface area (Å²) < 4.78 is 0. The van der Waals surface area contributed by atoms with Gasteiger partial charge in [0, 0.05) is 6.54 Å². The molecular weight excluding hydrogens is 336 g/mol. The molecule has 0 bridgehead atoms. The number of aryl methyl sites for hydroxylation is 1. The zero-order valence-electron chi connectivity index (χ0n) is 13.7. The topological polar surface area (TPSA) is 66.9 Å². The van der Waals surface area contributed by atoms with Crippen LogP contribution in [0.1, 0.15) is 21.6 Å². The summed E-state index contributed by atoms with van der Waals surface area (Å²) in [6.45, 7) is 2.46. The Morgan fingerprint density at radius 2 is 1.88 bits per heavy atom. The van der Waals surface area contributed by atoms with Crippen LogP contribution in [0, 0.1) is 6.92 Å². The number of anilines is 2. The van der Waals surface area contributed by atoms with Gasteiger partial charge in [-0.05, 0) is 36.8 Å². The molecule has 25 heavy (non-hydrogen) atoms. The van der Waals surface area contributed by atoms with Crippen LogP contribution in [0.2, 0.25) is 5.02 Å². The van der Waals surface area contributed by atoms with Crippen molar-refractivity contribution in [3.63, 3.8) is 0 Å². The second-order valence-corrected chi connectivity index (χ2v) is 5.99. The molecule has 2 N–H and O–H groups in total. The van der Waals surface area contributed by atoms with E-state index < -0.39 is 0 Å². The molecule has 0 aliphatic rings. The van der Waals surface area contributed by atoms with Crippen LogP contribution in [-0.4, -0.2) is 16.1 Å². The summed E-state index contributed by atoms with van der Waals surface area (Å²) in [5.74, 6) is 0.252. The Hall–Kier alpha value is -2.92. The number of aromatic nitrogens is 2. The van der Waals surface area contributed by atoms with Crippen LogP contribution in [0.4, 0.5) is 11.5 Å². The van der Waals surface area contributed by atoms with Crippen molar-refractivity contribution in [1.82, 2.24) is 15.5 Å². The molecule has 0 aliphatic carbocycles. The predicted molar refractivity (Wildman–Crippen MR) is 99.1 cm³/mol. The van der Waals surface area contributed by atoms with Gasteiger partial charge >= 0.3 is 0 Å². The zero-order valence-corrected chi connectivity index (χ0v) is 14.4. The first-order valence-corrected chi connectivity index (χ1v) is 8.18. The van der Waals surface area contributed by atoms with E-state index in [9.17, 15) is 4.79 Å². The van der Waals surface area contributed by atoms with Crippen LogP contribution < -0.4 is 10.6 Å². The summed E-state index contributed by atoms with van der Waals surface area (Å²) in [4.78, 5) is 12.2. The van der Waals surface area contributed by atoms with Crippen LogP contribution in [-0.2, 0) is 6.54 Å². The van der Waals surface area contributed by atoms with E-state index in [-0.39, 0.29) is 11.6 Å². The number of amides is 1. The average Bonchev–Trinajstić information content (AvgIpc) is 2.62. The Bertz CT molecular complexity index is 881. The minimum Gasteiger partial charge on any atom is -0.347 e. The monoisotopic (exact) mass is 352 g/mol. The Labute approximate surface area is 151 Å². The summed E-state index contributed by atoms with van der Waals surface area (Å²) in [5.41, 5.74) is 3.19. The molecule has 0 radical (unpaired) electrons. The lowest BCUT2D eigenvalue weighted by Crippen LogP contribution is -2.24. The SMILES string of the molecule is Cc1cccc(CNC(=O)c2ccc(Nc3ccccc3Cl)nn2)c1. The summed E-state index contributed by atoms with van der Waals surface area (Å²) in [6, 6.07) is 18.6. The van der Waals surface area contributed by atoms with E-state index in [0.717, 1.165) is 16.8 Å². The number of carbonyl (C=O) groups is 1. The van der Waals surface area contributed by atoms with E-state index in [4.69, 9.17) is 11.6 Å². The number of hydrogen-bond acceptors (Lipinski definition) is 4. The molecule has 6 heteroatoms. The summed E-state index contributed by atoms with van der Waals surface area (Å²) in [7, 11) is 0. The second kappa shape index (κ2) is 7.77. The summed E-state index contributed by atoms with van der Waals surface area (Å²) >= 11 is 6.09. The number of rotatable bonds is 5. The maximum absolute atomic E-state index is 12.2. The first-order chi connectivity index (χ1) is 12.1. The highest BCUT2D eigenvalue weighted by molar-refractivity contribution is 6.33. The van der Waals surface area contributed by atoms with E-state index >= 15 is 0 Å². The van der Waals surface area contributed by atoms with Gasteiger partial charge in [-0.2, -0.15) is 0 Å². The molecule has 0 unspecified atom stereocenters. The number of halogens is 1. The van der Waals surface area contributed by atoms with Gasteiger partial charge in [0.2, 0.25) is 0 Å². The van der Waals surface area contributed by atoms with E-state index in [1.54, 1.807) is 18.2 Å². The minimum atomic E-state index is -0.265. The third kappa shape index (κ3) is 4.55. The molecule has 126 valence electrons. The third-order valence-corrected chi connectivity index (χ3v) is 3.90. The van der Waals surface area contributed by atoms with Crippen molar-refractivity contribution < 1.29 is 4.79 Å². The molecule has 0 aliphatic heterocycles. The fourth-order valence-electron chi connectivity index (χ4n) is 2.32. The highest BCUT2D eigenvalue weighted by Crippen LogP contribution is 2.23. The Balaban J connectivity index is 1.61. The first kappa shape index (κ1) is 16.9. The normalized spacial score (nSPS) is 10.3. The zero-order chi connectivity index (χ0) is 17.6. The fraction of sp³-hybridized carbons (Fsp3) is 0.105. The van der Waals surface area contributed by atoms with Crippen LogP contribution in [0.25, 0.3) is 0 Å². The molecule has 0 atom stereocenters. The van der Waals surface area contributed by atoms with Crippen LogP contribution in [0.5, 0.6) is 0 Å². The van der Waals surface area contributed by atoms with Crippen LogP contribution in [0.15, 0.2) is 60.7 Å². The van der Waals surface area contributed by atoms with Crippen LogP contribution in [0.3, 0.4) is 0 Å². The van der Waals surface area contributed by atoms with Crippen molar-refractivity contribution in [2.24, 2.45) is 0 Å². The van der Waals surface area contributed by atoms with Crippen molar-refractivity contribution in [1.29, 1.82) is 0 Å². The van der Waals surface area contributed by atoms with Crippen molar-refractivity contribution in [3.05, 3.63) is 82.5 Å². The van der Waals surface area contributed by atoms with Gasteiger partial charge in [0.05, 0.1) is 10.7 Å². The Morgan fingerprint density at radius 3 is 2.60 bits per heavy atom. The molecule has 5 nitrogen and oxygen atoms in total. The molecular formula is C19H17ClN4O. The smallest absolute Gasteiger partial charge is 0.272 e. The van der Waals surface area contributed by atoms with Crippen molar-refractivity contribution >= 4 is 29.0 Å². The number of para-hydroxylation sites is 1. The summed E-state index contributed by atoms with van der Waals surface area (Å²) in [5, 5.41) is 14.5. The van der Waals surface area contributed by atoms with Gasteiger partial charge < -0.3 is 10.6 Å². The maximum atomic E-state index is 12.2. The standard InChI is InChI=1S/C19H17ClN4O/c1-13-5-4-6-14(11-13)12-21-19(25)17-9-10-18(24-23-17)22-16-8-3-2-7-15(16)20/h2-11H,12H2,1H3,(H,21,25)(H,22,24). The predicted octanol–water partition coefficient (Wildman–Crippen LogP) is 4.11. The number of hydrogen-bond donors (Lipinski definition) is 2. The fourth-order valence-corrected chi connectivity index (χ4v) is 2.50. The second-order valence-electron chi connectivity index (χ2n) is 5.58. The highest BCUT2D eigenvalue weighted by atomic mass is 35.5. The molecule has 0 saturated heterocycles. The van der Waals surface area contributed by atoms with Gasteiger partial charge in [-0.1, -0.05) is 53.6 Å². The van der Waals surface area contributed by atoms with Gasteiger partial charge in [-0.15, -0.1) is 10.2 Å². The third-order valence-electron chi connectivity index (χ3n) is 3.57. The van der Waals surface area contributed by atoms with E-state index in [0.29, 0.717) is 17.4 Å². The average molecular weight is 353 g/mol. The van der Waals surface area contributed by atoms with Crippen LogP contribution >= 0.6 is 11.6 Å². The number of nitrogens with one attached hydrogen (secondary N) is 2. The Kier molecular flexibility index (Phi) is 5.26. The minimum absolute atomic E-state index is 0.261. The van der Waals surface area contributed by atoms with E-state index in [1.165, 1.54) is 0 Å². The molecule has 0 spiro atoms.